The summed E-state index contributed by atoms with van der Waals surface area (Å²) >= 11 is 0. The molecule has 0 aromatic carbocycles. The van der Waals surface area contributed by atoms with Gasteiger partial charge in [0, 0.05) is 0 Å². The molecule has 88 valence electrons. The van der Waals surface area contributed by atoms with Gasteiger partial charge in [-0.25, -0.2) is 0 Å². The molecule has 0 heterocycles. The smallest absolute Gasteiger partial charge is 0.305 e. The summed E-state index contributed by atoms with van der Waals surface area (Å²) in [5, 5.41) is 17.6. The highest BCUT2D eigenvalue weighted by Gasteiger charge is 2.06. The highest BCUT2D eigenvalue weighted by molar-refractivity contribution is 5.67. The van der Waals surface area contributed by atoms with E-state index in [0.717, 1.165) is 6.42 Å². The molecule has 3 heteroatoms. The van der Waals surface area contributed by atoms with Crippen LogP contribution >= 0.6 is 0 Å². The van der Waals surface area contributed by atoms with Crippen molar-refractivity contribution in [2.75, 3.05) is 0 Å². The number of aliphatic hydroxyl groups excluding tert-OH is 1. The van der Waals surface area contributed by atoms with Gasteiger partial charge in [0.2, 0.25) is 0 Å². The number of hydrogen-bond donors (Lipinski definition) is 2. The molecule has 0 spiro atoms. The molecule has 2 N–H and O–H groups in total. The van der Waals surface area contributed by atoms with Crippen molar-refractivity contribution in [2.45, 2.75) is 58.0 Å². The summed E-state index contributed by atoms with van der Waals surface area (Å²) in [4.78, 5) is 10.2. The molecule has 0 aliphatic rings. The zero-order valence-corrected chi connectivity index (χ0v) is 9.48. The van der Waals surface area contributed by atoms with Gasteiger partial charge in [-0.05, 0) is 19.3 Å². The lowest BCUT2D eigenvalue weighted by molar-refractivity contribution is -0.139. The van der Waals surface area contributed by atoms with Crippen LogP contribution in [0.4, 0.5) is 0 Å². The largest absolute Gasteiger partial charge is 0.481 e. The van der Waals surface area contributed by atoms with Crippen LogP contribution in [0, 0.1) is 0 Å². The molecule has 1 atom stereocenters. The molecule has 0 rings (SSSR count). The highest BCUT2D eigenvalue weighted by Crippen LogP contribution is 2.04. The number of aliphatic carboxylic acids is 1. The molecule has 0 saturated heterocycles. The molecule has 0 amide bonds. The summed E-state index contributed by atoms with van der Waals surface area (Å²) in [6, 6.07) is 0. The van der Waals surface area contributed by atoms with E-state index in [9.17, 15) is 9.90 Å². The molecule has 0 bridgehead atoms. The van der Waals surface area contributed by atoms with Crippen LogP contribution in [0.1, 0.15) is 51.9 Å². The van der Waals surface area contributed by atoms with Crippen LogP contribution in [0.3, 0.4) is 0 Å². The summed E-state index contributed by atoms with van der Waals surface area (Å²) in [6.07, 6.45) is 9.41. The van der Waals surface area contributed by atoms with E-state index in [4.69, 9.17) is 5.11 Å². The monoisotopic (exact) mass is 214 g/mol. The Bertz CT molecular complexity index is 187. The van der Waals surface area contributed by atoms with Crippen molar-refractivity contribution >= 4 is 5.97 Å². The summed E-state index contributed by atoms with van der Waals surface area (Å²) in [5.74, 6) is -0.946. The number of hydrogen-bond acceptors (Lipinski definition) is 2. The number of unbranched alkanes of at least 4 members (excludes halogenated alkanes) is 4. The second-order valence-corrected chi connectivity index (χ2v) is 3.81. The first-order valence-corrected chi connectivity index (χ1v) is 5.71. The zero-order valence-electron chi connectivity index (χ0n) is 9.48. The standard InChI is InChI=1S/C12H22O3/c1-2-3-4-5-6-7-8-9-11(13)10-12(14)15/h7-8,11,13H,2-6,9-10H2,1H3,(H,14,15). The van der Waals surface area contributed by atoms with Crippen molar-refractivity contribution in [3.8, 4) is 0 Å². The van der Waals surface area contributed by atoms with E-state index in [1.807, 2.05) is 12.2 Å². The molecule has 0 fully saturated rings. The first kappa shape index (κ1) is 14.2. The van der Waals surface area contributed by atoms with Crippen molar-refractivity contribution in [2.24, 2.45) is 0 Å². The van der Waals surface area contributed by atoms with Crippen LogP contribution in [0.25, 0.3) is 0 Å². The van der Waals surface area contributed by atoms with E-state index in [-0.39, 0.29) is 6.42 Å². The Balaban J connectivity index is 3.33. The Morgan fingerprint density at radius 2 is 2.00 bits per heavy atom. The molecule has 0 saturated carbocycles. The number of carbonyl (C=O) groups is 1. The van der Waals surface area contributed by atoms with Crippen molar-refractivity contribution in [3.63, 3.8) is 0 Å². The van der Waals surface area contributed by atoms with Crippen LogP contribution in [-0.4, -0.2) is 22.3 Å². The van der Waals surface area contributed by atoms with Gasteiger partial charge in [-0.2, -0.15) is 0 Å². The third-order valence-corrected chi connectivity index (χ3v) is 2.21. The number of carboxylic acids is 1. The Morgan fingerprint density at radius 3 is 2.60 bits per heavy atom. The van der Waals surface area contributed by atoms with Crippen LogP contribution in [0.5, 0.6) is 0 Å². The average Bonchev–Trinajstić information content (AvgIpc) is 2.15. The number of allylic oxidation sites excluding steroid dienone is 1. The van der Waals surface area contributed by atoms with Gasteiger partial charge in [0.1, 0.15) is 0 Å². The second-order valence-electron chi connectivity index (χ2n) is 3.81. The molecular weight excluding hydrogens is 192 g/mol. The molecule has 0 aromatic heterocycles. The maximum atomic E-state index is 10.2. The lowest BCUT2D eigenvalue weighted by Gasteiger charge is -2.02. The van der Waals surface area contributed by atoms with Crippen LogP contribution in [0.15, 0.2) is 12.2 Å². The van der Waals surface area contributed by atoms with Crippen LogP contribution in [0.2, 0.25) is 0 Å². The molecule has 0 radical (unpaired) electrons. The van der Waals surface area contributed by atoms with Gasteiger partial charge in [-0.15, -0.1) is 0 Å². The third-order valence-electron chi connectivity index (χ3n) is 2.21. The van der Waals surface area contributed by atoms with E-state index < -0.39 is 12.1 Å². The van der Waals surface area contributed by atoms with E-state index in [1.165, 1.54) is 25.7 Å². The maximum Gasteiger partial charge on any atom is 0.305 e. The minimum Gasteiger partial charge on any atom is -0.481 e. The van der Waals surface area contributed by atoms with Crippen molar-refractivity contribution in [3.05, 3.63) is 12.2 Å². The fourth-order valence-corrected chi connectivity index (χ4v) is 1.35. The number of rotatable bonds is 9. The average molecular weight is 214 g/mol. The Kier molecular flexibility index (Phi) is 9.18. The van der Waals surface area contributed by atoms with E-state index in [0.29, 0.717) is 6.42 Å². The normalized spacial score (nSPS) is 13.2. The quantitative estimate of drug-likeness (QED) is 0.458. The molecule has 0 aliphatic carbocycles. The van der Waals surface area contributed by atoms with Gasteiger partial charge in [0.05, 0.1) is 12.5 Å². The number of aliphatic hydroxyl groups is 1. The lowest BCUT2D eigenvalue weighted by Crippen LogP contribution is -2.11. The minimum absolute atomic E-state index is 0.166. The molecular formula is C12H22O3. The highest BCUT2D eigenvalue weighted by atomic mass is 16.4. The van der Waals surface area contributed by atoms with Gasteiger partial charge in [0.25, 0.3) is 0 Å². The molecule has 3 nitrogen and oxygen atoms in total. The summed E-state index contributed by atoms with van der Waals surface area (Å²) in [6.45, 7) is 2.18. The first-order valence-electron chi connectivity index (χ1n) is 5.71. The fourth-order valence-electron chi connectivity index (χ4n) is 1.35. The minimum atomic E-state index is -0.946. The predicted molar refractivity (Wildman–Crippen MR) is 60.8 cm³/mol. The Morgan fingerprint density at radius 1 is 1.27 bits per heavy atom. The second kappa shape index (κ2) is 9.71. The van der Waals surface area contributed by atoms with E-state index >= 15 is 0 Å². The molecule has 1 unspecified atom stereocenters. The van der Waals surface area contributed by atoms with Gasteiger partial charge in [-0.3, -0.25) is 4.79 Å². The SMILES string of the molecule is CCCCCCC=CCC(O)CC(=O)O. The van der Waals surface area contributed by atoms with Crippen molar-refractivity contribution in [1.82, 2.24) is 0 Å². The predicted octanol–water partition coefficient (Wildman–Crippen LogP) is 2.74. The summed E-state index contributed by atoms with van der Waals surface area (Å²) in [5.41, 5.74) is 0. The summed E-state index contributed by atoms with van der Waals surface area (Å²) in [7, 11) is 0. The molecule has 15 heavy (non-hydrogen) atoms. The van der Waals surface area contributed by atoms with E-state index in [1.54, 1.807) is 0 Å². The lowest BCUT2D eigenvalue weighted by atomic mass is 10.1. The third kappa shape index (κ3) is 11.1. The van der Waals surface area contributed by atoms with Crippen LogP contribution < -0.4 is 0 Å². The van der Waals surface area contributed by atoms with Crippen LogP contribution in [-0.2, 0) is 4.79 Å². The van der Waals surface area contributed by atoms with Crippen molar-refractivity contribution < 1.29 is 15.0 Å². The molecule has 0 aromatic rings. The first-order chi connectivity index (χ1) is 7.16. The fraction of sp³-hybridized carbons (Fsp3) is 0.750. The number of carboxylic acid groups (broad SMARTS) is 1. The van der Waals surface area contributed by atoms with Gasteiger partial charge >= 0.3 is 5.97 Å². The van der Waals surface area contributed by atoms with Crippen molar-refractivity contribution in [1.29, 1.82) is 0 Å². The zero-order chi connectivity index (χ0) is 11.5. The maximum absolute atomic E-state index is 10.2. The van der Waals surface area contributed by atoms with E-state index in [2.05, 4.69) is 6.92 Å². The van der Waals surface area contributed by atoms with Gasteiger partial charge < -0.3 is 10.2 Å². The topological polar surface area (TPSA) is 57.5 Å². The Hall–Kier alpha value is -0.830. The molecule has 0 aliphatic heterocycles. The van der Waals surface area contributed by atoms with Gasteiger partial charge in [-0.1, -0.05) is 38.3 Å². The summed E-state index contributed by atoms with van der Waals surface area (Å²) < 4.78 is 0. The Labute approximate surface area is 91.8 Å². The van der Waals surface area contributed by atoms with Gasteiger partial charge in [0.15, 0.2) is 0 Å².